The van der Waals surface area contributed by atoms with Crippen LogP contribution in [0.1, 0.15) is 43.0 Å². The highest BCUT2D eigenvalue weighted by Gasteiger charge is 2.18. The number of hydrogen-bond donors (Lipinski definition) is 3. The van der Waals surface area contributed by atoms with E-state index in [1.807, 2.05) is 68.4 Å². The van der Waals surface area contributed by atoms with Crippen LogP contribution >= 0.6 is 0 Å². The van der Waals surface area contributed by atoms with E-state index in [0.29, 0.717) is 18.8 Å². The lowest BCUT2D eigenvalue weighted by molar-refractivity contribution is -0.138. The molecular weight excluding hydrogens is 540 g/mol. The topological polar surface area (TPSA) is 125 Å². The second-order valence-electron chi connectivity index (χ2n) is 10.6. The number of aryl methyl sites for hydroxylation is 2. The van der Waals surface area contributed by atoms with Crippen molar-refractivity contribution in [2.45, 2.75) is 58.5 Å². The first-order valence-corrected chi connectivity index (χ1v) is 14.7. The summed E-state index contributed by atoms with van der Waals surface area (Å²) >= 11 is 0. The molecular formula is C36H40N2O5. The van der Waals surface area contributed by atoms with Crippen LogP contribution in [0.25, 0.3) is 22.3 Å². The molecule has 0 amide bonds. The Hall–Kier alpha value is -4.46. The van der Waals surface area contributed by atoms with Crippen LogP contribution in [0.3, 0.4) is 0 Å². The number of benzene rings is 4. The SMILES string of the molecule is CCOc1ccc(-c2ccc(C[C@H](N)C(=O)Oc3ccc(-c4ccc(C[C@H](N)C(=O)O)cc4)c(CC)c3)cc2)c(CC)c1. The van der Waals surface area contributed by atoms with Gasteiger partial charge in [-0.1, -0.05) is 74.5 Å². The number of ether oxygens (including phenoxy) is 2. The summed E-state index contributed by atoms with van der Waals surface area (Å²) in [6, 6.07) is 25.8. The lowest BCUT2D eigenvalue weighted by Crippen LogP contribution is -2.36. The van der Waals surface area contributed by atoms with Gasteiger partial charge in [0.1, 0.15) is 23.6 Å². The molecule has 0 fully saturated rings. The van der Waals surface area contributed by atoms with Crippen LogP contribution in [0.4, 0.5) is 0 Å². The second kappa shape index (κ2) is 14.6. The van der Waals surface area contributed by atoms with Crippen LogP contribution in [-0.2, 0) is 35.3 Å². The zero-order valence-electron chi connectivity index (χ0n) is 25.0. The van der Waals surface area contributed by atoms with E-state index in [2.05, 4.69) is 31.2 Å². The molecule has 4 aromatic carbocycles. The van der Waals surface area contributed by atoms with E-state index < -0.39 is 24.0 Å². The molecule has 7 nitrogen and oxygen atoms in total. The van der Waals surface area contributed by atoms with Gasteiger partial charge in [-0.05, 0) is 101 Å². The second-order valence-corrected chi connectivity index (χ2v) is 10.6. The van der Waals surface area contributed by atoms with Crippen molar-refractivity contribution in [3.05, 3.63) is 107 Å². The molecule has 0 bridgehead atoms. The maximum Gasteiger partial charge on any atom is 0.328 e. The van der Waals surface area contributed by atoms with Crippen molar-refractivity contribution in [2.75, 3.05) is 6.61 Å². The van der Waals surface area contributed by atoms with Crippen molar-refractivity contribution in [1.29, 1.82) is 0 Å². The highest BCUT2D eigenvalue weighted by molar-refractivity contribution is 5.79. The summed E-state index contributed by atoms with van der Waals surface area (Å²) in [5.41, 5.74) is 20.2. The van der Waals surface area contributed by atoms with Crippen molar-refractivity contribution < 1.29 is 24.2 Å². The molecule has 0 aromatic heterocycles. The molecule has 2 atom stereocenters. The van der Waals surface area contributed by atoms with Crippen LogP contribution in [0.2, 0.25) is 0 Å². The monoisotopic (exact) mass is 580 g/mol. The van der Waals surface area contributed by atoms with Gasteiger partial charge >= 0.3 is 11.9 Å². The average Bonchev–Trinajstić information content (AvgIpc) is 3.01. The summed E-state index contributed by atoms with van der Waals surface area (Å²) < 4.78 is 11.3. The Morgan fingerprint density at radius 2 is 1.14 bits per heavy atom. The van der Waals surface area contributed by atoms with E-state index in [1.165, 1.54) is 5.56 Å². The van der Waals surface area contributed by atoms with Gasteiger partial charge in [0.15, 0.2) is 0 Å². The highest BCUT2D eigenvalue weighted by atomic mass is 16.5. The number of hydrogen-bond acceptors (Lipinski definition) is 6. The minimum Gasteiger partial charge on any atom is -0.494 e. The molecule has 4 rings (SSSR count). The van der Waals surface area contributed by atoms with E-state index >= 15 is 0 Å². The Morgan fingerprint density at radius 3 is 1.60 bits per heavy atom. The summed E-state index contributed by atoms with van der Waals surface area (Å²) in [4.78, 5) is 23.9. The molecule has 224 valence electrons. The van der Waals surface area contributed by atoms with Crippen LogP contribution < -0.4 is 20.9 Å². The number of rotatable bonds is 13. The predicted molar refractivity (Wildman–Crippen MR) is 170 cm³/mol. The first-order valence-electron chi connectivity index (χ1n) is 14.7. The van der Waals surface area contributed by atoms with Crippen LogP contribution in [0.5, 0.6) is 11.5 Å². The van der Waals surface area contributed by atoms with E-state index in [0.717, 1.165) is 57.5 Å². The van der Waals surface area contributed by atoms with Crippen molar-refractivity contribution in [3.63, 3.8) is 0 Å². The summed E-state index contributed by atoms with van der Waals surface area (Å²) in [5, 5.41) is 9.05. The molecule has 0 aliphatic rings. The number of carboxylic acids is 1. The zero-order valence-corrected chi connectivity index (χ0v) is 25.0. The molecule has 0 aliphatic carbocycles. The first kappa shape index (κ1) is 31.5. The Balaban J connectivity index is 1.39. The third-order valence-electron chi connectivity index (χ3n) is 7.51. The van der Waals surface area contributed by atoms with Crippen molar-refractivity contribution in [2.24, 2.45) is 11.5 Å². The van der Waals surface area contributed by atoms with Gasteiger partial charge in [-0.25, -0.2) is 4.79 Å². The van der Waals surface area contributed by atoms with Crippen LogP contribution in [0.15, 0.2) is 84.9 Å². The van der Waals surface area contributed by atoms with Gasteiger partial charge in [0, 0.05) is 0 Å². The molecule has 0 aliphatic heterocycles. The summed E-state index contributed by atoms with van der Waals surface area (Å²) in [6.07, 6.45) is 2.25. The van der Waals surface area contributed by atoms with Crippen molar-refractivity contribution in [3.8, 4) is 33.8 Å². The fourth-order valence-corrected chi connectivity index (χ4v) is 5.12. The zero-order chi connectivity index (χ0) is 30.9. The van der Waals surface area contributed by atoms with Crippen molar-refractivity contribution >= 4 is 11.9 Å². The Morgan fingerprint density at radius 1 is 0.674 bits per heavy atom. The maximum atomic E-state index is 12.9. The summed E-state index contributed by atoms with van der Waals surface area (Å²) in [7, 11) is 0. The largest absolute Gasteiger partial charge is 0.494 e. The smallest absolute Gasteiger partial charge is 0.328 e. The quantitative estimate of drug-likeness (QED) is 0.131. The molecule has 7 heteroatoms. The number of carboxylic acid groups (broad SMARTS) is 1. The van der Waals surface area contributed by atoms with E-state index in [4.69, 9.17) is 26.0 Å². The van der Waals surface area contributed by atoms with Crippen molar-refractivity contribution in [1.82, 2.24) is 0 Å². The Bertz CT molecular complexity index is 1550. The van der Waals surface area contributed by atoms with Gasteiger partial charge in [-0.2, -0.15) is 0 Å². The number of esters is 1. The molecule has 0 radical (unpaired) electrons. The lowest BCUT2D eigenvalue weighted by atomic mass is 9.95. The molecule has 0 spiro atoms. The first-order chi connectivity index (χ1) is 20.7. The van der Waals surface area contributed by atoms with Gasteiger partial charge in [0.25, 0.3) is 0 Å². The van der Waals surface area contributed by atoms with E-state index in [1.54, 1.807) is 6.07 Å². The molecule has 0 saturated heterocycles. The molecule has 5 N–H and O–H groups in total. The van der Waals surface area contributed by atoms with E-state index in [-0.39, 0.29) is 6.42 Å². The highest BCUT2D eigenvalue weighted by Crippen LogP contribution is 2.30. The standard InChI is InChI=1S/C36H40N2O5/c1-4-25-21-29(42-6-3)15-17-31(25)27-13-9-24(10-14-27)20-34(38)36(41)43-30-16-18-32(26(5-2)22-30)28-11-7-23(8-12-28)19-33(37)35(39)40/h7-18,21-22,33-34H,4-6,19-20,37-38H2,1-3H3,(H,39,40)/t33-,34-/m0/s1. The number of nitrogens with two attached hydrogens (primary N) is 2. The van der Waals surface area contributed by atoms with Gasteiger partial charge in [0.05, 0.1) is 6.61 Å². The fourth-order valence-electron chi connectivity index (χ4n) is 5.12. The average molecular weight is 581 g/mol. The third kappa shape index (κ3) is 8.09. The third-order valence-corrected chi connectivity index (χ3v) is 7.51. The van der Waals surface area contributed by atoms with Gasteiger partial charge in [0.2, 0.25) is 0 Å². The summed E-state index contributed by atoms with van der Waals surface area (Å²) in [5.74, 6) is -0.189. The minimum atomic E-state index is -1.02. The predicted octanol–water partition coefficient (Wildman–Crippen LogP) is 5.97. The van der Waals surface area contributed by atoms with Gasteiger partial charge in [-0.15, -0.1) is 0 Å². The Labute approximate surface area is 253 Å². The molecule has 43 heavy (non-hydrogen) atoms. The number of carbonyl (C=O) groups excluding carboxylic acids is 1. The maximum absolute atomic E-state index is 12.9. The van der Waals surface area contributed by atoms with Gasteiger partial charge in [-0.3, -0.25) is 4.79 Å². The van der Waals surface area contributed by atoms with Gasteiger partial charge < -0.3 is 26.0 Å². The lowest BCUT2D eigenvalue weighted by Gasteiger charge is -2.15. The molecule has 4 aromatic rings. The van der Waals surface area contributed by atoms with E-state index in [9.17, 15) is 9.59 Å². The normalized spacial score (nSPS) is 12.4. The minimum absolute atomic E-state index is 0.262. The molecule has 0 unspecified atom stereocenters. The number of carbonyl (C=O) groups is 2. The molecule has 0 heterocycles. The molecule has 0 saturated carbocycles. The van der Waals surface area contributed by atoms with Crippen LogP contribution in [0, 0.1) is 0 Å². The Kier molecular flexibility index (Phi) is 10.7. The summed E-state index contributed by atoms with van der Waals surface area (Å²) in [6.45, 7) is 6.78. The van der Waals surface area contributed by atoms with Crippen LogP contribution in [-0.4, -0.2) is 35.7 Å². The fraction of sp³-hybridized carbons (Fsp3) is 0.278. The number of aliphatic carboxylic acids is 1.